The predicted octanol–water partition coefficient (Wildman–Crippen LogP) is 4.69. The van der Waals surface area contributed by atoms with Crippen molar-refractivity contribution in [3.8, 4) is 22.8 Å². The summed E-state index contributed by atoms with van der Waals surface area (Å²) in [6.45, 7) is 4.05. The summed E-state index contributed by atoms with van der Waals surface area (Å²) in [6, 6.07) is 10.3. The van der Waals surface area contributed by atoms with E-state index in [0.717, 1.165) is 63.5 Å². The second kappa shape index (κ2) is 8.99. The van der Waals surface area contributed by atoms with E-state index in [9.17, 15) is 5.11 Å². The Kier molecular flexibility index (Phi) is 5.54. The van der Waals surface area contributed by atoms with Gasteiger partial charge < -0.3 is 20.3 Å². The molecular weight excluding hydrogens is 440 g/mol. The van der Waals surface area contributed by atoms with Gasteiger partial charge in [0.15, 0.2) is 5.82 Å². The molecule has 6 rings (SSSR count). The molecule has 9 heteroatoms. The fourth-order valence-corrected chi connectivity index (χ4v) is 4.73. The number of aliphatic hydroxyl groups excluding tert-OH is 1. The summed E-state index contributed by atoms with van der Waals surface area (Å²) in [5, 5.41) is 21.6. The second-order valence-corrected chi connectivity index (χ2v) is 9.02. The maximum Gasteiger partial charge on any atom is 0.159 e. The van der Waals surface area contributed by atoms with Gasteiger partial charge in [-0.05, 0) is 49.9 Å². The number of aromatic nitrogens is 6. The molecule has 1 saturated heterocycles. The Morgan fingerprint density at radius 3 is 2.83 bits per heavy atom. The van der Waals surface area contributed by atoms with Crippen LogP contribution in [0.1, 0.15) is 32.6 Å². The molecule has 0 radical (unpaired) electrons. The Balaban J connectivity index is 1.39. The van der Waals surface area contributed by atoms with Crippen molar-refractivity contribution in [3.05, 3.63) is 48.9 Å². The van der Waals surface area contributed by atoms with Crippen molar-refractivity contribution in [2.45, 2.75) is 38.8 Å². The van der Waals surface area contributed by atoms with Crippen LogP contribution in [0, 0.1) is 0 Å². The predicted molar refractivity (Wildman–Crippen MR) is 138 cm³/mol. The molecule has 1 atom stereocenters. The number of benzene rings is 1. The topological polar surface area (TPSA) is 119 Å². The number of aliphatic hydroxyl groups is 1. The van der Waals surface area contributed by atoms with Gasteiger partial charge in [0.2, 0.25) is 0 Å². The first-order chi connectivity index (χ1) is 17.2. The summed E-state index contributed by atoms with van der Waals surface area (Å²) >= 11 is 0. The van der Waals surface area contributed by atoms with Gasteiger partial charge in [-0.2, -0.15) is 5.10 Å². The van der Waals surface area contributed by atoms with Crippen molar-refractivity contribution < 1.29 is 5.11 Å². The normalized spacial score (nSPS) is 15.1. The van der Waals surface area contributed by atoms with Crippen LogP contribution in [-0.2, 0) is 0 Å². The lowest BCUT2D eigenvalue weighted by Crippen LogP contribution is -2.29. The maximum atomic E-state index is 9.93. The van der Waals surface area contributed by atoms with Crippen molar-refractivity contribution in [3.63, 3.8) is 0 Å². The molecule has 4 N–H and O–H groups in total. The first-order valence-electron chi connectivity index (χ1n) is 12.2. The van der Waals surface area contributed by atoms with Crippen molar-refractivity contribution in [2.24, 2.45) is 0 Å². The molecule has 5 heterocycles. The van der Waals surface area contributed by atoms with E-state index in [2.05, 4.69) is 53.6 Å². The van der Waals surface area contributed by atoms with E-state index in [4.69, 9.17) is 4.98 Å². The number of pyridine rings is 2. The molecule has 5 aromatic rings. The Morgan fingerprint density at radius 2 is 1.97 bits per heavy atom. The summed E-state index contributed by atoms with van der Waals surface area (Å²) in [6.07, 6.45) is 8.95. The van der Waals surface area contributed by atoms with Crippen LogP contribution in [-0.4, -0.2) is 54.6 Å². The zero-order valence-electron chi connectivity index (χ0n) is 19.6. The van der Waals surface area contributed by atoms with Crippen molar-refractivity contribution >= 4 is 33.3 Å². The molecule has 0 spiro atoms. The molecule has 0 bridgehead atoms. The third-order valence-electron chi connectivity index (χ3n) is 6.61. The molecular formula is C26H28N8O. The lowest BCUT2D eigenvalue weighted by atomic mass is 10.1. The molecule has 4 aromatic heterocycles. The number of anilines is 2. The number of imidazole rings is 1. The minimum absolute atomic E-state index is 0.601. The largest absolute Gasteiger partial charge is 0.374 e. The second-order valence-electron chi connectivity index (χ2n) is 9.02. The highest BCUT2D eigenvalue weighted by molar-refractivity contribution is 5.96. The minimum atomic E-state index is -0.620. The van der Waals surface area contributed by atoms with Gasteiger partial charge in [0.05, 0.1) is 40.5 Å². The first kappa shape index (κ1) is 21.5. The summed E-state index contributed by atoms with van der Waals surface area (Å²) in [7, 11) is 0. The average molecular weight is 469 g/mol. The van der Waals surface area contributed by atoms with E-state index in [-0.39, 0.29) is 0 Å². The third kappa shape index (κ3) is 4.08. The maximum absolute atomic E-state index is 9.93. The number of rotatable bonds is 6. The van der Waals surface area contributed by atoms with Crippen molar-refractivity contribution in [1.82, 2.24) is 30.1 Å². The summed E-state index contributed by atoms with van der Waals surface area (Å²) in [4.78, 5) is 19.8. The van der Waals surface area contributed by atoms with Gasteiger partial charge in [-0.15, -0.1) is 0 Å². The van der Waals surface area contributed by atoms with Crippen LogP contribution < -0.4 is 10.2 Å². The molecule has 0 saturated carbocycles. The number of nitrogens with one attached hydrogen (secondary N) is 3. The molecule has 1 unspecified atom stereocenters. The number of fused-ring (bicyclic) bond motifs is 2. The molecule has 0 aliphatic carbocycles. The standard InChI is InChI=1S/C26H28N8O/c1-2-23(35)29-17-11-16(13-27-14-17)20-12-18-21(15-28-20)32-33-24(18)26-30-19-7-6-8-22(25(19)31-26)34-9-4-3-5-10-34/h6-8,11-15,23,29,35H,2-5,9-10H2,1H3,(H,30,31)(H,32,33). The Bertz CT molecular complexity index is 1480. The highest BCUT2D eigenvalue weighted by atomic mass is 16.3. The number of H-pyrrole nitrogens is 2. The molecule has 35 heavy (non-hydrogen) atoms. The van der Waals surface area contributed by atoms with Crippen LogP contribution in [0.5, 0.6) is 0 Å². The van der Waals surface area contributed by atoms with Crippen LogP contribution in [0.2, 0.25) is 0 Å². The number of aromatic amines is 2. The fourth-order valence-electron chi connectivity index (χ4n) is 4.73. The molecule has 178 valence electrons. The third-order valence-corrected chi connectivity index (χ3v) is 6.61. The zero-order chi connectivity index (χ0) is 23.8. The van der Waals surface area contributed by atoms with Crippen LogP contribution in [0.15, 0.2) is 48.9 Å². The number of hydrogen-bond acceptors (Lipinski definition) is 7. The molecule has 1 aromatic carbocycles. The molecule has 0 amide bonds. The van der Waals surface area contributed by atoms with E-state index < -0.39 is 6.23 Å². The fraction of sp³-hybridized carbons (Fsp3) is 0.308. The molecule has 1 fully saturated rings. The van der Waals surface area contributed by atoms with Gasteiger partial charge in [-0.1, -0.05) is 13.0 Å². The van der Waals surface area contributed by atoms with Gasteiger partial charge in [0.25, 0.3) is 0 Å². The van der Waals surface area contributed by atoms with E-state index in [1.807, 2.05) is 19.1 Å². The molecule has 9 nitrogen and oxygen atoms in total. The SMILES string of the molecule is CCC(O)Nc1cncc(-c2cc3c(-c4nc5c(N6CCCCC6)cccc5[nH]4)n[nH]c3cn2)c1. The van der Waals surface area contributed by atoms with Crippen LogP contribution in [0.4, 0.5) is 11.4 Å². The highest BCUT2D eigenvalue weighted by Gasteiger charge is 2.19. The van der Waals surface area contributed by atoms with Crippen molar-refractivity contribution in [2.75, 3.05) is 23.3 Å². The van der Waals surface area contributed by atoms with Crippen LogP contribution >= 0.6 is 0 Å². The van der Waals surface area contributed by atoms with Gasteiger partial charge in [0.1, 0.15) is 17.4 Å². The van der Waals surface area contributed by atoms with E-state index in [0.29, 0.717) is 6.42 Å². The van der Waals surface area contributed by atoms with Gasteiger partial charge >= 0.3 is 0 Å². The molecule has 1 aliphatic rings. The average Bonchev–Trinajstić information content (AvgIpc) is 3.53. The van der Waals surface area contributed by atoms with E-state index >= 15 is 0 Å². The van der Waals surface area contributed by atoms with Crippen molar-refractivity contribution in [1.29, 1.82) is 0 Å². The smallest absolute Gasteiger partial charge is 0.159 e. The quantitative estimate of drug-likeness (QED) is 0.267. The Hall–Kier alpha value is -3.98. The van der Waals surface area contributed by atoms with Crippen LogP contribution in [0.25, 0.3) is 44.7 Å². The first-order valence-corrected chi connectivity index (χ1v) is 12.2. The lowest BCUT2D eigenvalue weighted by Gasteiger charge is -2.28. The number of piperidine rings is 1. The monoisotopic (exact) mass is 468 g/mol. The summed E-state index contributed by atoms with van der Waals surface area (Å²) in [5.74, 6) is 0.729. The highest BCUT2D eigenvalue weighted by Crippen LogP contribution is 2.33. The number of nitrogens with zero attached hydrogens (tertiary/aromatic N) is 5. The van der Waals surface area contributed by atoms with Crippen LogP contribution in [0.3, 0.4) is 0 Å². The minimum Gasteiger partial charge on any atom is -0.374 e. The Labute approximate surface area is 202 Å². The molecule has 1 aliphatic heterocycles. The van der Waals surface area contributed by atoms with E-state index in [1.54, 1.807) is 18.6 Å². The summed E-state index contributed by atoms with van der Waals surface area (Å²) < 4.78 is 0. The summed E-state index contributed by atoms with van der Waals surface area (Å²) in [5.41, 5.74) is 7.12. The van der Waals surface area contributed by atoms with Gasteiger partial charge in [0, 0.05) is 30.2 Å². The number of para-hydroxylation sites is 1. The Morgan fingerprint density at radius 1 is 1.09 bits per heavy atom. The zero-order valence-corrected chi connectivity index (χ0v) is 19.6. The van der Waals surface area contributed by atoms with Gasteiger partial charge in [-0.3, -0.25) is 15.1 Å². The van der Waals surface area contributed by atoms with Gasteiger partial charge in [-0.25, -0.2) is 4.98 Å². The number of hydrogen-bond donors (Lipinski definition) is 4. The lowest BCUT2D eigenvalue weighted by molar-refractivity contribution is 0.199. The van der Waals surface area contributed by atoms with E-state index in [1.165, 1.54) is 24.9 Å².